The largest absolute Gasteiger partial charge is 0.273 e. The predicted molar refractivity (Wildman–Crippen MR) is 95.4 cm³/mol. The molecule has 0 aromatic carbocycles. The number of rotatable bonds is 12. The van der Waals surface area contributed by atoms with Crippen LogP contribution < -0.4 is 10.9 Å². The van der Waals surface area contributed by atoms with Crippen LogP contribution in [-0.2, 0) is 9.59 Å². The minimum atomic E-state index is -0.156. The van der Waals surface area contributed by atoms with Gasteiger partial charge in [-0.2, -0.15) is 10.2 Å². The average Bonchev–Trinajstić information content (AvgIpc) is 2.54. The van der Waals surface area contributed by atoms with E-state index in [2.05, 4.69) is 34.9 Å². The van der Waals surface area contributed by atoms with Crippen LogP contribution in [0.2, 0.25) is 0 Å². The molecule has 6 heteroatoms. The number of hydrogen-bond donors (Lipinski definition) is 2. The lowest BCUT2D eigenvalue weighted by Crippen LogP contribution is -2.21. The first kappa shape index (κ1) is 21.3. The van der Waals surface area contributed by atoms with Crippen LogP contribution in [0.15, 0.2) is 10.2 Å². The minimum Gasteiger partial charge on any atom is -0.273 e. The molecule has 0 aliphatic carbocycles. The summed E-state index contributed by atoms with van der Waals surface area (Å²) >= 11 is 0. The van der Waals surface area contributed by atoms with Crippen LogP contribution >= 0.6 is 0 Å². The zero-order chi connectivity index (χ0) is 17.5. The molecule has 23 heavy (non-hydrogen) atoms. The fraction of sp³-hybridized carbons (Fsp3) is 0.765. The Labute approximate surface area is 140 Å². The maximum Gasteiger partial charge on any atom is 0.240 e. The van der Waals surface area contributed by atoms with Crippen LogP contribution in [-0.4, -0.2) is 23.2 Å². The van der Waals surface area contributed by atoms with E-state index in [1.54, 1.807) is 0 Å². The summed E-state index contributed by atoms with van der Waals surface area (Å²) in [6.45, 7) is 8.04. The summed E-state index contributed by atoms with van der Waals surface area (Å²) in [6.07, 6.45) is 7.22. The molecule has 0 fully saturated rings. The Kier molecular flexibility index (Phi) is 12.9. The van der Waals surface area contributed by atoms with Gasteiger partial charge in [0, 0.05) is 24.3 Å². The SMILES string of the molecule is CCCCC(C)=NNC(=O)CCCC(=O)NN=C(C)CCCC. The van der Waals surface area contributed by atoms with Gasteiger partial charge in [0.05, 0.1) is 0 Å². The molecule has 2 N–H and O–H groups in total. The Hall–Kier alpha value is -1.72. The summed E-state index contributed by atoms with van der Waals surface area (Å²) in [5, 5.41) is 8.08. The van der Waals surface area contributed by atoms with Crippen molar-refractivity contribution < 1.29 is 9.59 Å². The maximum absolute atomic E-state index is 11.6. The van der Waals surface area contributed by atoms with Crippen molar-refractivity contribution in [1.29, 1.82) is 0 Å². The van der Waals surface area contributed by atoms with E-state index < -0.39 is 0 Å². The van der Waals surface area contributed by atoms with Crippen molar-refractivity contribution >= 4 is 23.2 Å². The lowest BCUT2D eigenvalue weighted by Gasteiger charge is -2.03. The highest BCUT2D eigenvalue weighted by atomic mass is 16.2. The molecular weight excluding hydrogens is 292 g/mol. The maximum atomic E-state index is 11.6. The van der Waals surface area contributed by atoms with E-state index >= 15 is 0 Å². The Balaban J connectivity index is 3.84. The fourth-order valence-electron chi connectivity index (χ4n) is 1.81. The van der Waals surface area contributed by atoms with Crippen molar-refractivity contribution in [2.75, 3.05) is 0 Å². The van der Waals surface area contributed by atoms with Crippen LogP contribution in [0.4, 0.5) is 0 Å². The second kappa shape index (κ2) is 13.9. The average molecular weight is 324 g/mol. The molecule has 0 atom stereocenters. The minimum absolute atomic E-state index is 0.156. The van der Waals surface area contributed by atoms with Gasteiger partial charge in [0.15, 0.2) is 0 Å². The molecule has 0 saturated heterocycles. The molecular formula is C17H32N4O2. The van der Waals surface area contributed by atoms with Gasteiger partial charge in [0.2, 0.25) is 11.8 Å². The number of hydrogen-bond acceptors (Lipinski definition) is 4. The van der Waals surface area contributed by atoms with E-state index in [-0.39, 0.29) is 24.7 Å². The van der Waals surface area contributed by atoms with Crippen molar-refractivity contribution in [3.63, 3.8) is 0 Å². The van der Waals surface area contributed by atoms with Crippen LogP contribution in [0.25, 0.3) is 0 Å². The fourth-order valence-corrected chi connectivity index (χ4v) is 1.81. The first-order valence-corrected chi connectivity index (χ1v) is 8.63. The lowest BCUT2D eigenvalue weighted by molar-refractivity contribution is -0.122. The first-order valence-electron chi connectivity index (χ1n) is 8.63. The molecule has 0 spiro atoms. The Morgan fingerprint density at radius 2 is 1.09 bits per heavy atom. The van der Waals surface area contributed by atoms with Gasteiger partial charge in [-0.1, -0.05) is 26.7 Å². The van der Waals surface area contributed by atoms with Gasteiger partial charge in [0.1, 0.15) is 0 Å². The third-order valence-electron chi connectivity index (χ3n) is 3.33. The highest BCUT2D eigenvalue weighted by Gasteiger charge is 2.04. The van der Waals surface area contributed by atoms with Crippen molar-refractivity contribution in [2.45, 2.75) is 85.5 Å². The quantitative estimate of drug-likeness (QED) is 0.425. The normalized spacial score (nSPS) is 12.2. The van der Waals surface area contributed by atoms with E-state index in [0.29, 0.717) is 6.42 Å². The number of hydrazone groups is 2. The zero-order valence-electron chi connectivity index (χ0n) is 15.1. The molecule has 0 bridgehead atoms. The number of carbonyl (C=O) groups excluding carboxylic acids is 2. The molecule has 0 unspecified atom stereocenters. The van der Waals surface area contributed by atoms with Gasteiger partial charge in [-0.15, -0.1) is 0 Å². The van der Waals surface area contributed by atoms with Crippen LogP contribution in [0.1, 0.15) is 85.5 Å². The summed E-state index contributed by atoms with van der Waals surface area (Å²) in [5.74, 6) is -0.312. The number of carbonyl (C=O) groups is 2. The molecule has 0 radical (unpaired) electrons. The molecule has 0 heterocycles. The number of unbranched alkanes of at least 4 members (excludes halogenated alkanes) is 2. The topological polar surface area (TPSA) is 82.9 Å². The van der Waals surface area contributed by atoms with Crippen LogP contribution in [0, 0.1) is 0 Å². The van der Waals surface area contributed by atoms with Crippen LogP contribution in [0.3, 0.4) is 0 Å². The Bertz CT molecular complexity index is 379. The van der Waals surface area contributed by atoms with E-state index in [0.717, 1.165) is 49.9 Å². The van der Waals surface area contributed by atoms with Gasteiger partial charge < -0.3 is 0 Å². The second-order valence-corrected chi connectivity index (χ2v) is 5.82. The third-order valence-corrected chi connectivity index (χ3v) is 3.33. The molecule has 0 rings (SSSR count). The van der Waals surface area contributed by atoms with Gasteiger partial charge in [0.25, 0.3) is 0 Å². The summed E-state index contributed by atoms with van der Waals surface area (Å²) in [6, 6.07) is 0. The monoisotopic (exact) mass is 324 g/mol. The molecule has 6 nitrogen and oxygen atoms in total. The Morgan fingerprint density at radius 1 is 0.696 bits per heavy atom. The van der Waals surface area contributed by atoms with Crippen molar-refractivity contribution in [2.24, 2.45) is 10.2 Å². The molecule has 0 aromatic rings. The van der Waals surface area contributed by atoms with E-state index in [1.807, 2.05) is 13.8 Å². The van der Waals surface area contributed by atoms with Crippen molar-refractivity contribution in [1.82, 2.24) is 10.9 Å². The van der Waals surface area contributed by atoms with Gasteiger partial charge in [-0.3, -0.25) is 9.59 Å². The first-order chi connectivity index (χ1) is 11.0. The van der Waals surface area contributed by atoms with E-state index in [1.165, 1.54) is 0 Å². The lowest BCUT2D eigenvalue weighted by atomic mass is 10.2. The van der Waals surface area contributed by atoms with E-state index in [9.17, 15) is 9.59 Å². The van der Waals surface area contributed by atoms with Gasteiger partial charge >= 0.3 is 0 Å². The molecule has 0 saturated carbocycles. The summed E-state index contributed by atoms with van der Waals surface area (Å²) in [4.78, 5) is 23.2. The highest BCUT2D eigenvalue weighted by Crippen LogP contribution is 1.99. The smallest absolute Gasteiger partial charge is 0.240 e. The number of nitrogens with zero attached hydrogens (tertiary/aromatic N) is 2. The van der Waals surface area contributed by atoms with Gasteiger partial charge in [-0.05, 0) is 46.0 Å². The van der Waals surface area contributed by atoms with Gasteiger partial charge in [-0.25, -0.2) is 10.9 Å². The molecule has 0 aliphatic heterocycles. The summed E-state index contributed by atoms with van der Waals surface area (Å²) < 4.78 is 0. The Morgan fingerprint density at radius 3 is 1.43 bits per heavy atom. The van der Waals surface area contributed by atoms with Crippen molar-refractivity contribution in [3.05, 3.63) is 0 Å². The standard InChI is InChI=1S/C17H32N4O2/c1-5-7-10-14(3)18-20-16(22)12-9-13-17(23)21-19-15(4)11-8-6-2/h5-13H2,1-4H3,(H,20,22)(H,21,23). The van der Waals surface area contributed by atoms with Crippen molar-refractivity contribution in [3.8, 4) is 0 Å². The summed E-state index contributed by atoms with van der Waals surface area (Å²) in [5.41, 5.74) is 6.91. The van der Waals surface area contributed by atoms with Crippen LogP contribution in [0.5, 0.6) is 0 Å². The van der Waals surface area contributed by atoms with E-state index in [4.69, 9.17) is 0 Å². The third kappa shape index (κ3) is 13.7. The molecule has 132 valence electrons. The molecule has 2 amide bonds. The highest BCUT2D eigenvalue weighted by molar-refractivity contribution is 5.85. The predicted octanol–water partition coefficient (Wildman–Crippen LogP) is 3.52. The zero-order valence-corrected chi connectivity index (χ0v) is 15.1. The number of amides is 2. The molecule has 0 aliphatic rings. The molecule has 0 aromatic heterocycles. The second-order valence-electron chi connectivity index (χ2n) is 5.82. The number of nitrogens with one attached hydrogen (secondary N) is 2. The summed E-state index contributed by atoms with van der Waals surface area (Å²) in [7, 11) is 0.